The molecule has 2 aromatic heterocycles. The SMILES string of the molecule is Cc1nc(N)c2c(F)cn(C3CC(Oc4ccc(C)c5c4CN(C)CC5)CC3O)c2n1. The monoisotopic (exact) mass is 425 g/mol. The number of hydrogen-bond acceptors (Lipinski definition) is 6. The van der Waals surface area contributed by atoms with E-state index in [0.717, 1.165) is 25.3 Å². The molecule has 3 aromatic rings. The van der Waals surface area contributed by atoms with Gasteiger partial charge in [-0.1, -0.05) is 6.07 Å². The Balaban J connectivity index is 1.44. The lowest BCUT2D eigenvalue weighted by Crippen LogP contribution is -2.28. The molecular formula is C23H28FN5O2. The number of nitrogens with two attached hydrogens (primary N) is 1. The number of halogens is 1. The maximum Gasteiger partial charge on any atom is 0.154 e. The molecule has 7 nitrogen and oxygen atoms in total. The first kappa shape index (κ1) is 20.2. The number of aliphatic hydroxyl groups is 1. The van der Waals surface area contributed by atoms with Gasteiger partial charge in [0.1, 0.15) is 29.1 Å². The van der Waals surface area contributed by atoms with E-state index in [1.807, 2.05) is 6.07 Å². The topological polar surface area (TPSA) is 89.4 Å². The second-order valence-electron chi connectivity index (χ2n) is 8.91. The minimum Gasteiger partial charge on any atom is -0.490 e. The average molecular weight is 426 g/mol. The fourth-order valence-electron chi connectivity index (χ4n) is 5.09. The number of ether oxygens (including phenoxy) is 1. The molecule has 1 aliphatic carbocycles. The van der Waals surface area contributed by atoms with Crippen molar-refractivity contribution in [1.82, 2.24) is 19.4 Å². The summed E-state index contributed by atoms with van der Waals surface area (Å²) in [6.07, 6.45) is 2.59. The summed E-state index contributed by atoms with van der Waals surface area (Å²) in [6, 6.07) is 3.81. The van der Waals surface area contributed by atoms with Crippen LogP contribution in [0.25, 0.3) is 11.0 Å². The van der Waals surface area contributed by atoms with E-state index in [9.17, 15) is 9.50 Å². The van der Waals surface area contributed by atoms with Crippen LogP contribution >= 0.6 is 0 Å². The maximum atomic E-state index is 14.6. The van der Waals surface area contributed by atoms with Crippen molar-refractivity contribution in [3.63, 3.8) is 0 Å². The van der Waals surface area contributed by atoms with Gasteiger partial charge in [-0.25, -0.2) is 14.4 Å². The van der Waals surface area contributed by atoms with Crippen LogP contribution in [-0.4, -0.2) is 50.3 Å². The second kappa shape index (κ2) is 7.46. The summed E-state index contributed by atoms with van der Waals surface area (Å²) in [6.45, 7) is 5.76. The van der Waals surface area contributed by atoms with E-state index in [-0.39, 0.29) is 23.3 Å². The Labute approximate surface area is 180 Å². The molecule has 3 unspecified atom stereocenters. The number of nitrogen functional groups attached to an aromatic ring is 1. The van der Waals surface area contributed by atoms with Gasteiger partial charge in [0.2, 0.25) is 0 Å². The highest BCUT2D eigenvalue weighted by atomic mass is 19.1. The molecule has 3 atom stereocenters. The number of aliphatic hydroxyl groups excluding tert-OH is 1. The first-order valence-corrected chi connectivity index (χ1v) is 10.8. The molecule has 0 radical (unpaired) electrons. The lowest BCUT2D eigenvalue weighted by molar-refractivity contribution is 0.127. The Kier molecular flexibility index (Phi) is 4.86. The van der Waals surface area contributed by atoms with Gasteiger partial charge in [-0.05, 0) is 44.5 Å². The maximum absolute atomic E-state index is 14.6. The van der Waals surface area contributed by atoms with Gasteiger partial charge in [-0.3, -0.25) is 0 Å². The van der Waals surface area contributed by atoms with E-state index in [1.54, 1.807) is 11.5 Å². The van der Waals surface area contributed by atoms with Gasteiger partial charge < -0.3 is 25.0 Å². The van der Waals surface area contributed by atoms with Crippen molar-refractivity contribution in [1.29, 1.82) is 0 Å². The molecule has 5 rings (SSSR count). The lowest BCUT2D eigenvalue weighted by atomic mass is 9.94. The number of anilines is 1. The third-order valence-electron chi connectivity index (χ3n) is 6.66. The molecule has 164 valence electrons. The quantitative estimate of drug-likeness (QED) is 0.671. The Bertz CT molecular complexity index is 1160. The average Bonchev–Trinajstić information content (AvgIpc) is 3.23. The Morgan fingerprint density at radius 2 is 2.00 bits per heavy atom. The molecular weight excluding hydrogens is 397 g/mol. The van der Waals surface area contributed by atoms with Gasteiger partial charge >= 0.3 is 0 Å². The van der Waals surface area contributed by atoms with Crippen molar-refractivity contribution >= 4 is 16.9 Å². The summed E-state index contributed by atoms with van der Waals surface area (Å²) in [5.41, 5.74) is 10.2. The smallest absolute Gasteiger partial charge is 0.154 e. The van der Waals surface area contributed by atoms with Crippen LogP contribution in [0.1, 0.15) is 41.4 Å². The molecule has 0 bridgehead atoms. The molecule has 0 amide bonds. The summed E-state index contributed by atoms with van der Waals surface area (Å²) in [5, 5.41) is 11.0. The highest BCUT2D eigenvalue weighted by molar-refractivity contribution is 5.87. The summed E-state index contributed by atoms with van der Waals surface area (Å²) in [4.78, 5) is 10.8. The van der Waals surface area contributed by atoms with Crippen LogP contribution in [0.4, 0.5) is 10.2 Å². The molecule has 1 aliphatic heterocycles. The van der Waals surface area contributed by atoms with E-state index in [1.165, 1.54) is 22.9 Å². The summed E-state index contributed by atoms with van der Waals surface area (Å²) in [5.74, 6) is 1.00. The van der Waals surface area contributed by atoms with Crippen LogP contribution in [0, 0.1) is 19.7 Å². The molecule has 3 N–H and O–H groups in total. The Morgan fingerprint density at radius 1 is 1.19 bits per heavy atom. The van der Waals surface area contributed by atoms with Crippen molar-refractivity contribution in [2.24, 2.45) is 0 Å². The molecule has 31 heavy (non-hydrogen) atoms. The molecule has 0 spiro atoms. The number of hydrogen-bond donors (Lipinski definition) is 2. The molecule has 8 heteroatoms. The zero-order valence-corrected chi connectivity index (χ0v) is 18.1. The van der Waals surface area contributed by atoms with Gasteiger partial charge in [0, 0.05) is 37.7 Å². The van der Waals surface area contributed by atoms with Gasteiger partial charge in [0.15, 0.2) is 5.82 Å². The number of likely N-dealkylation sites (N-methyl/N-ethyl adjacent to an activating group) is 1. The minimum atomic E-state index is -0.666. The van der Waals surface area contributed by atoms with Crippen molar-refractivity contribution in [2.45, 2.75) is 57.9 Å². The Hall–Kier alpha value is -2.71. The highest BCUT2D eigenvalue weighted by Crippen LogP contribution is 2.39. The number of benzene rings is 1. The number of nitrogens with zero attached hydrogens (tertiary/aromatic N) is 4. The zero-order valence-electron chi connectivity index (χ0n) is 18.1. The van der Waals surface area contributed by atoms with E-state index >= 15 is 0 Å². The fourth-order valence-corrected chi connectivity index (χ4v) is 5.09. The third-order valence-corrected chi connectivity index (χ3v) is 6.66. The van der Waals surface area contributed by atoms with Crippen LogP contribution in [0.3, 0.4) is 0 Å². The van der Waals surface area contributed by atoms with Crippen molar-refractivity contribution in [2.75, 3.05) is 19.3 Å². The van der Waals surface area contributed by atoms with Gasteiger partial charge in [-0.15, -0.1) is 0 Å². The van der Waals surface area contributed by atoms with Crippen LogP contribution in [0.15, 0.2) is 18.3 Å². The molecule has 0 saturated heterocycles. The van der Waals surface area contributed by atoms with E-state index in [2.05, 4.69) is 34.9 Å². The van der Waals surface area contributed by atoms with Crippen molar-refractivity contribution in [3.05, 3.63) is 46.7 Å². The number of aryl methyl sites for hydroxylation is 2. The van der Waals surface area contributed by atoms with Crippen LogP contribution in [0.5, 0.6) is 5.75 Å². The van der Waals surface area contributed by atoms with Gasteiger partial charge in [-0.2, -0.15) is 0 Å². The second-order valence-corrected chi connectivity index (χ2v) is 8.91. The van der Waals surface area contributed by atoms with E-state index < -0.39 is 11.9 Å². The molecule has 1 fully saturated rings. The molecule has 1 aromatic carbocycles. The van der Waals surface area contributed by atoms with Crippen LogP contribution in [0.2, 0.25) is 0 Å². The first-order chi connectivity index (χ1) is 14.8. The predicted molar refractivity (Wildman–Crippen MR) is 117 cm³/mol. The minimum absolute atomic E-state index is 0.120. The highest BCUT2D eigenvalue weighted by Gasteiger charge is 2.37. The normalized spacial score (nSPS) is 24.0. The van der Waals surface area contributed by atoms with Gasteiger partial charge in [0.25, 0.3) is 0 Å². The summed E-state index contributed by atoms with van der Waals surface area (Å²) < 4.78 is 22.7. The third kappa shape index (κ3) is 3.43. The number of rotatable bonds is 3. The largest absolute Gasteiger partial charge is 0.490 e. The summed E-state index contributed by atoms with van der Waals surface area (Å²) in [7, 11) is 2.12. The molecule has 2 aliphatic rings. The van der Waals surface area contributed by atoms with Crippen LogP contribution < -0.4 is 10.5 Å². The number of fused-ring (bicyclic) bond motifs is 2. The van der Waals surface area contributed by atoms with Crippen molar-refractivity contribution < 1.29 is 14.2 Å². The zero-order chi connectivity index (χ0) is 21.9. The fraction of sp³-hybridized carbons (Fsp3) is 0.478. The summed E-state index contributed by atoms with van der Waals surface area (Å²) >= 11 is 0. The molecule has 1 saturated carbocycles. The van der Waals surface area contributed by atoms with Crippen LogP contribution in [-0.2, 0) is 13.0 Å². The number of aromatic nitrogens is 3. The standard InChI is InChI=1S/C23H28FN5O2/c1-12-4-5-20(16-10-28(3)7-6-15(12)16)31-14-8-18(19(30)9-14)29-11-17(24)21-22(25)26-13(2)27-23(21)29/h4-5,11,14,18-19,30H,6-10H2,1-3H3,(H2,25,26,27). The predicted octanol–water partition coefficient (Wildman–Crippen LogP) is 2.90. The first-order valence-electron chi connectivity index (χ1n) is 10.8. The lowest BCUT2D eigenvalue weighted by Gasteiger charge is -2.29. The van der Waals surface area contributed by atoms with Crippen molar-refractivity contribution in [3.8, 4) is 5.75 Å². The van der Waals surface area contributed by atoms with Gasteiger partial charge in [0.05, 0.1) is 17.5 Å². The Morgan fingerprint density at radius 3 is 2.81 bits per heavy atom. The van der Waals surface area contributed by atoms with E-state index in [4.69, 9.17) is 10.5 Å². The van der Waals surface area contributed by atoms with E-state index in [0.29, 0.717) is 24.3 Å². The molecule has 3 heterocycles.